The Hall–Kier alpha value is -3.02. The number of anilines is 1. The van der Waals surface area contributed by atoms with E-state index >= 15 is 0 Å². The van der Waals surface area contributed by atoms with E-state index in [1.807, 2.05) is 6.92 Å². The molecule has 2 aromatic carbocycles. The number of carboxylic acids is 1. The summed E-state index contributed by atoms with van der Waals surface area (Å²) in [4.78, 5) is 23.4. The molecule has 0 unspecified atom stereocenters. The first-order chi connectivity index (χ1) is 12.3. The summed E-state index contributed by atoms with van der Waals surface area (Å²) in [7, 11) is 0. The highest BCUT2D eigenvalue weighted by molar-refractivity contribution is 6.04. The van der Waals surface area contributed by atoms with Gasteiger partial charge in [0.15, 0.2) is 0 Å². The van der Waals surface area contributed by atoms with Crippen molar-refractivity contribution in [3.8, 4) is 11.5 Å². The third-order valence-electron chi connectivity index (χ3n) is 3.72. The molecule has 0 saturated heterocycles. The number of nitrogens with one attached hydrogen (secondary N) is 1. The van der Waals surface area contributed by atoms with Crippen molar-refractivity contribution in [2.75, 3.05) is 18.5 Å². The first-order valence-corrected chi connectivity index (χ1v) is 8.32. The van der Waals surface area contributed by atoms with E-state index in [0.717, 1.165) is 5.75 Å². The Labute approximate surface area is 152 Å². The third kappa shape index (κ3) is 5.24. The van der Waals surface area contributed by atoms with Crippen LogP contribution in [0.3, 0.4) is 0 Å². The van der Waals surface area contributed by atoms with E-state index < -0.39 is 11.4 Å². The van der Waals surface area contributed by atoms with E-state index in [1.165, 1.54) is 0 Å². The number of carbonyl (C=O) groups is 2. The molecule has 26 heavy (non-hydrogen) atoms. The fraction of sp³-hybridized carbons (Fsp3) is 0.300. The number of hydrogen-bond acceptors (Lipinski definition) is 4. The number of benzene rings is 2. The summed E-state index contributed by atoms with van der Waals surface area (Å²) >= 11 is 0. The highest BCUT2D eigenvalue weighted by Crippen LogP contribution is 2.20. The number of carbonyl (C=O) groups excluding carboxylic acids is 1. The second-order valence-electron chi connectivity index (χ2n) is 6.41. The quantitative estimate of drug-likeness (QED) is 0.750. The summed E-state index contributed by atoms with van der Waals surface area (Å²) in [5.41, 5.74) is 0.162. The Balaban J connectivity index is 1.94. The van der Waals surface area contributed by atoms with Crippen LogP contribution in [0.25, 0.3) is 0 Å². The van der Waals surface area contributed by atoms with Crippen LogP contribution in [0.4, 0.5) is 5.69 Å². The van der Waals surface area contributed by atoms with E-state index in [-0.39, 0.29) is 12.5 Å². The summed E-state index contributed by atoms with van der Waals surface area (Å²) in [5.74, 6) is 0.0867. The van der Waals surface area contributed by atoms with Gasteiger partial charge in [-0.25, -0.2) is 0 Å². The van der Waals surface area contributed by atoms with Gasteiger partial charge >= 0.3 is 5.97 Å². The lowest BCUT2D eigenvalue weighted by Gasteiger charge is -2.19. The second-order valence-corrected chi connectivity index (χ2v) is 6.41. The Morgan fingerprint density at radius 3 is 2.04 bits per heavy atom. The van der Waals surface area contributed by atoms with Crippen LogP contribution < -0.4 is 14.8 Å². The van der Waals surface area contributed by atoms with Gasteiger partial charge in [-0.15, -0.1) is 0 Å². The van der Waals surface area contributed by atoms with Crippen molar-refractivity contribution in [2.24, 2.45) is 5.41 Å². The number of amides is 1. The van der Waals surface area contributed by atoms with Gasteiger partial charge in [-0.05, 0) is 69.3 Å². The van der Waals surface area contributed by atoms with Gasteiger partial charge in [0, 0.05) is 11.3 Å². The first-order valence-electron chi connectivity index (χ1n) is 8.32. The molecule has 0 saturated carbocycles. The molecule has 2 aromatic rings. The molecule has 0 aliphatic rings. The average molecular weight is 357 g/mol. The molecule has 0 bridgehead atoms. The topological polar surface area (TPSA) is 84.9 Å². The first kappa shape index (κ1) is 19.3. The van der Waals surface area contributed by atoms with Gasteiger partial charge in [-0.2, -0.15) is 0 Å². The minimum Gasteiger partial charge on any atom is -0.494 e. The van der Waals surface area contributed by atoms with Crippen molar-refractivity contribution >= 4 is 17.6 Å². The van der Waals surface area contributed by atoms with Crippen molar-refractivity contribution in [1.29, 1.82) is 0 Å². The Morgan fingerprint density at radius 2 is 1.50 bits per heavy atom. The van der Waals surface area contributed by atoms with Crippen LogP contribution in [-0.4, -0.2) is 30.2 Å². The lowest BCUT2D eigenvalue weighted by Crippen LogP contribution is -2.30. The van der Waals surface area contributed by atoms with Crippen LogP contribution in [0.5, 0.6) is 11.5 Å². The summed E-state index contributed by atoms with van der Waals surface area (Å²) < 4.78 is 10.9. The molecule has 0 heterocycles. The molecular weight excluding hydrogens is 334 g/mol. The molecule has 6 nitrogen and oxygen atoms in total. The second kappa shape index (κ2) is 8.38. The molecule has 2 rings (SSSR count). The zero-order valence-corrected chi connectivity index (χ0v) is 15.1. The molecule has 138 valence electrons. The van der Waals surface area contributed by atoms with Gasteiger partial charge < -0.3 is 19.9 Å². The Bertz CT molecular complexity index is 751. The predicted molar refractivity (Wildman–Crippen MR) is 98.9 cm³/mol. The number of carboxylic acid groups (broad SMARTS) is 1. The number of ether oxygens (including phenoxy) is 2. The minimum atomic E-state index is -0.982. The zero-order valence-electron chi connectivity index (χ0n) is 15.1. The molecule has 0 aliphatic heterocycles. The summed E-state index contributed by atoms with van der Waals surface area (Å²) in [6, 6.07) is 13.7. The summed E-state index contributed by atoms with van der Waals surface area (Å²) in [6.45, 7) is 5.72. The van der Waals surface area contributed by atoms with Gasteiger partial charge in [0.1, 0.15) is 18.1 Å². The fourth-order valence-electron chi connectivity index (χ4n) is 2.03. The molecule has 0 fully saturated rings. The smallest absolute Gasteiger partial charge is 0.312 e. The molecule has 0 radical (unpaired) electrons. The van der Waals surface area contributed by atoms with E-state index in [9.17, 15) is 9.59 Å². The summed E-state index contributed by atoms with van der Waals surface area (Å²) in [6.07, 6.45) is 0. The highest BCUT2D eigenvalue weighted by atomic mass is 16.5. The lowest BCUT2D eigenvalue weighted by atomic mass is 9.95. The molecule has 2 N–H and O–H groups in total. The number of aliphatic carboxylic acids is 1. The number of hydrogen-bond donors (Lipinski definition) is 2. The van der Waals surface area contributed by atoms with Crippen molar-refractivity contribution in [3.05, 3.63) is 54.1 Å². The van der Waals surface area contributed by atoms with Crippen molar-refractivity contribution in [3.63, 3.8) is 0 Å². The van der Waals surface area contributed by atoms with E-state index in [1.54, 1.807) is 62.4 Å². The van der Waals surface area contributed by atoms with Crippen LogP contribution in [-0.2, 0) is 4.79 Å². The maximum absolute atomic E-state index is 12.3. The van der Waals surface area contributed by atoms with Gasteiger partial charge in [0.2, 0.25) is 0 Å². The van der Waals surface area contributed by atoms with E-state index in [0.29, 0.717) is 23.6 Å². The van der Waals surface area contributed by atoms with Gasteiger partial charge in [-0.3, -0.25) is 9.59 Å². The highest BCUT2D eigenvalue weighted by Gasteiger charge is 2.28. The van der Waals surface area contributed by atoms with Crippen LogP contribution >= 0.6 is 0 Å². The maximum atomic E-state index is 12.3. The molecule has 1 amide bonds. The Kier molecular flexibility index (Phi) is 6.22. The van der Waals surface area contributed by atoms with Crippen LogP contribution in [0.1, 0.15) is 31.1 Å². The molecule has 0 aromatic heterocycles. The lowest BCUT2D eigenvalue weighted by molar-refractivity contribution is -0.148. The number of rotatable bonds is 8. The van der Waals surface area contributed by atoms with Gasteiger partial charge in [0.25, 0.3) is 5.91 Å². The normalized spacial score (nSPS) is 10.9. The monoisotopic (exact) mass is 357 g/mol. The molecular formula is C20H23NO5. The SMILES string of the molecule is CCOc1ccc(NC(=O)c2ccc(OCC(C)(C)C(=O)O)cc2)cc1. The van der Waals surface area contributed by atoms with Crippen molar-refractivity contribution in [2.45, 2.75) is 20.8 Å². The third-order valence-corrected chi connectivity index (χ3v) is 3.72. The van der Waals surface area contributed by atoms with Crippen LogP contribution in [0.15, 0.2) is 48.5 Å². The molecule has 0 aliphatic carbocycles. The predicted octanol–water partition coefficient (Wildman–Crippen LogP) is 3.83. The van der Waals surface area contributed by atoms with E-state index in [2.05, 4.69) is 5.32 Å². The maximum Gasteiger partial charge on any atom is 0.312 e. The molecule has 6 heteroatoms. The molecule has 0 spiro atoms. The minimum absolute atomic E-state index is 0.0417. The van der Waals surface area contributed by atoms with Crippen LogP contribution in [0.2, 0.25) is 0 Å². The van der Waals surface area contributed by atoms with Gasteiger partial charge in [0.05, 0.1) is 12.0 Å². The molecule has 0 atom stereocenters. The van der Waals surface area contributed by atoms with Crippen molar-refractivity contribution in [1.82, 2.24) is 0 Å². The average Bonchev–Trinajstić information content (AvgIpc) is 2.62. The fourth-order valence-corrected chi connectivity index (χ4v) is 2.03. The summed E-state index contributed by atoms with van der Waals surface area (Å²) in [5, 5.41) is 11.9. The zero-order chi connectivity index (χ0) is 19.2. The van der Waals surface area contributed by atoms with Crippen molar-refractivity contribution < 1.29 is 24.2 Å². The van der Waals surface area contributed by atoms with E-state index in [4.69, 9.17) is 14.6 Å². The Morgan fingerprint density at radius 1 is 0.962 bits per heavy atom. The van der Waals surface area contributed by atoms with Crippen LogP contribution in [0, 0.1) is 5.41 Å². The van der Waals surface area contributed by atoms with Gasteiger partial charge in [-0.1, -0.05) is 0 Å². The standard InChI is InChI=1S/C20H23NO5/c1-4-25-16-11-7-15(8-12-16)21-18(22)14-5-9-17(10-6-14)26-13-20(2,3)19(23)24/h5-12H,4,13H2,1-3H3,(H,21,22)(H,23,24). The largest absolute Gasteiger partial charge is 0.494 e.